The number of likely N-dealkylation sites (N-methyl/N-ethyl adjacent to an activating group) is 2. The number of aromatic nitrogens is 1. The minimum absolute atomic E-state index is 0.131. The molecule has 1 aliphatic rings. The minimum atomic E-state index is -0.131. The lowest BCUT2D eigenvalue weighted by Crippen LogP contribution is -2.54. The fourth-order valence-electron chi connectivity index (χ4n) is 2.44. The van der Waals surface area contributed by atoms with Crippen LogP contribution in [0.3, 0.4) is 0 Å². The van der Waals surface area contributed by atoms with Crippen LogP contribution in [0.15, 0.2) is 18.3 Å². The molecule has 0 unspecified atom stereocenters. The smallest absolute Gasteiger partial charge is 0.256 e. The summed E-state index contributed by atoms with van der Waals surface area (Å²) in [5.74, 6) is 0.264. The van der Waals surface area contributed by atoms with E-state index in [1.54, 1.807) is 18.3 Å². The lowest BCUT2D eigenvalue weighted by atomic mass is 10.1. The molecule has 116 valence electrons. The molecule has 1 saturated heterocycles. The van der Waals surface area contributed by atoms with Crippen molar-refractivity contribution in [1.82, 2.24) is 20.1 Å². The van der Waals surface area contributed by atoms with E-state index in [4.69, 9.17) is 4.74 Å². The van der Waals surface area contributed by atoms with Gasteiger partial charge >= 0.3 is 0 Å². The van der Waals surface area contributed by atoms with E-state index in [2.05, 4.69) is 34.2 Å². The zero-order valence-corrected chi connectivity index (χ0v) is 13.0. The van der Waals surface area contributed by atoms with Crippen molar-refractivity contribution < 1.29 is 9.53 Å². The van der Waals surface area contributed by atoms with Gasteiger partial charge in [0.15, 0.2) is 0 Å². The summed E-state index contributed by atoms with van der Waals surface area (Å²) in [6.07, 6.45) is 1.63. The van der Waals surface area contributed by atoms with Crippen molar-refractivity contribution in [2.75, 3.05) is 46.9 Å². The Labute approximate surface area is 126 Å². The third-order valence-corrected chi connectivity index (χ3v) is 3.78. The second-order valence-corrected chi connectivity index (χ2v) is 5.40. The number of rotatable bonds is 5. The summed E-state index contributed by atoms with van der Waals surface area (Å²) < 4.78 is 5.40. The van der Waals surface area contributed by atoms with Gasteiger partial charge < -0.3 is 15.0 Å². The van der Waals surface area contributed by atoms with Crippen molar-refractivity contribution in [3.05, 3.63) is 23.9 Å². The number of carbonyl (C=O) groups excluding carboxylic acids is 1. The third-order valence-electron chi connectivity index (χ3n) is 3.78. The zero-order valence-electron chi connectivity index (χ0n) is 13.0. The van der Waals surface area contributed by atoms with Crippen LogP contribution in [0.1, 0.15) is 17.3 Å². The van der Waals surface area contributed by atoms with Crippen LogP contribution in [0.25, 0.3) is 0 Å². The Kier molecular flexibility index (Phi) is 5.52. The average molecular weight is 292 g/mol. The Hall–Kier alpha value is -1.66. The van der Waals surface area contributed by atoms with Gasteiger partial charge in [-0.1, -0.05) is 0 Å². The van der Waals surface area contributed by atoms with Crippen LogP contribution in [-0.4, -0.2) is 73.6 Å². The maximum absolute atomic E-state index is 12.3. The van der Waals surface area contributed by atoms with Gasteiger partial charge in [-0.05, 0) is 33.2 Å². The molecule has 1 aliphatic heterocycles. The van der Waals surface area contributed by atoms with Crippen molar-refractivity contribution >= 4 is 5.91 Å². The minimum Gasteiger partial charge on any atom is -0.477 e. The van der Waals surface area contributed by atoms with Crippen LogP contribution in [0.4, 0.5) is 0 Å². The van der Waals surface area contributed by atoms with Gasteiger partial charge in [-0.3, -0.25) is 9.69 Å². The number of piperazine rings is 1. The summed E-state index contributed by atoms with van der Waals surface area (Å²) in [6.45, 7) is 6.05. The first-order valence-corrected chi connectivity index (χ1v) is 7.36. The molecule has 0 radical (unpaired) electrons. The number of nitrogens with zero attached hydrogens (tertiary/aromatic N) is 3. The molecule has 6 nitrogen and oxygen atoms in total. The number of carbonyl (C=O) groups is 1. The molecule has 0 saturated carbocycles. The Morgan fingerprint density at radius 1 is 1.48 bits per heavy atom. The maximum Gasteiger partial charge on any atom is 0.256 e. The fraction of sp³-hybridized carbons (Fsp3) is 0.600. The maximum atomic E-state index is 12.3. The molecule has 1 atom stereocenters. The second kappa shape index (κ2) is 7.38. The predicted octanol–water partition coefficient (Wildman–Crippen LogP) is 0.456. The molecular weight excluding hydrogens is 268 g/mol. The average Bonchev–Trinajstić information content (AvgIpc) is 2.49. The molecule has 0 aromatic carbocycles. The van der Waals surface area contributed by atoms with Gasteiger partial charge in [0.1, 0.15) is 5.56 Å². The number of ether oxygens (including phenoxy) is 1. The van der Waals surface area contributed by atoms with E-state index in [9.17, 15) is 4.79 Å². The van der Waals surface area contributed by atoms with Gasteiger partial charge in [0.2, 0.25) is 5.88 Å². The van der Waals surface area contributed by atoms with E-state index in [0.29, 0.717) is 30.6 Å². The molecule has 0 spiro atoms. The molecule has 2 rings (SSSR count). The van der Waals surface area contributed by atoms with E-state index in [1.165, 1.54) is 0 Å². The van der Waals surface area contributed by atoms with Crippen LogP contribution >= 0.6 is 0 Å². The van der Waals surface area contributed by atoms with Crippen molar-refractivity contribution in [3.63, 3.8) is 0 Å². The first-order valence-electron chi connectivity index (χ1n) is 7.36. The topological polar surface area (TPSA) is 57.7 Å². The molecule has 1 amide bonds. The largest absolute Gasteiger partial charge is 0.477 e. The first kappa shape index (κ1) is 15.7. The van der Waals surface area contributed by atoms with E-state index in [-0.39, 0.29) is 5.91 Å². The second-order valence-electron chi connectivity index (χ2n) is 5.40. The van der Waals surface area contributed by atoms with E-state index in [0.717, 1.165) is 19.6 Å². The van der Waals surface area contributed by atoms with Crippen LogP contribution in [-0.2, 0) is 0 Å². The third kappa shape index (κ3) is 4.15. The van der Waals surface area contributed by atoms with E-state index >= 15 is 0 Å². The molecule has 0 aliphatic carbocycles. The van der Waals surface area contributed by atoms with Gasteiger partial charge in [-0.15, -0.1) is 0 Å². The molecule has 0 bridgehead atoms. The van der Waals surface area contributed by atoms with Crippen LogP contribution in [0.2, 0.25) is 0 Å². The Balaban J connectivity index is 1.95. The molecule has 2 heterocycles. The molecular formula is C15H24N4O2. The molecule has 1 aromatic heterocycles. The summed E-state index contributed by atoms with van der Waals surface area (Å²) in [7, 11) is 4.20. The standard InChI is InChI=1S/C15H24N4O2/c1-4-21-15-13(6-5-7-16-15)14(20)17-10-12-11-18(2)8-9-19(12)3/h5-7,12H,4,8-11H2,1-3H3,(H,17,20)/t12-/m0/s1. The summed E-state index contributed by atoms with van der Waals surface area (Å²) in [5, 5.41) is 2.99. The number of hydrogen-bond acceptors (Lipinski definition) is 5. The zero-order chi connectivity index (χ0) is 15.2. The van der Waals surface area contributed by atoms with Gasteiger partial charge in [-0.25, -0.2) is 4.98 Å². The highest BCUT2D eigenvalue weighted by Gasteiger charge is 2.23. The number of amides is 1. The van der Waals surface area contributed by atoms with E-state index < -0.39 is 0 Å². The van der Waals surface area contributed by atoms with Gasteiger partial charge in [0.25, 0.3) is 5.91 Å². The quantitative estimate of drug-likeness (QED) is 0.854. The van der Waals surface area contributed by atoms with Gasteiger partial charge in [-0.2, -0.15) is 0 Å². The highest BCUT2D eigenvalue weighted by atomic mass is 16.5. The highest BCUT2D eigenvalue weighted by molar-refractivity contribution is 5.96. The van der Waals surface area contributed by atoms with E-state index in [1.807, 2.05) is 6.92 Å². The lowest BCUT2D eigenvalue weighted by Gasteiger charge is -2.37. The van der Waals surface area contributed by atoms with Gasteiger partial charge in [0, 0.05) is 38.4 Å². The molecule has 1 N–H and O–H groups in total. The SMILES string of the molecule is CCOc1ncccc1C(=O)NC[C@H]1CN(C)CCN1C. The molecule has 1 fully saturated rings. The summed E-state index contributed by atoms with van der Waals surface area (Å²) in [5.41, 5.74) is 0.492. The normalized spacial score (nSPS) is 20.2. The summed E-state index contributed by atoms with van der Waals surface area (Å²) in [6, 6.07) is 3.82. The highest BCUT2D eigenvalue weighted by Crippen LogP contribution is 2.14. The molecule has 21 heavy (non-hydrogen) atoms. The number of pyridine rings is 1. The van der Waals surface area contributed by atoms with Gasteiger partial charge in [0.05, 0.1) is 6.61 Å². The molecule has 6 heteroatoms. The predicted molar refractivity (Wildman–Crippen MR) is 81.7 cm³/mol. The summed E-state index contributed by atoms with van der Waals surface area (Å²) in [4.78, 5) is 21.0. The monoisotopic (exact) mass is 292 g/mol. The Morgan fingerprint density at radius 2 is 2.29 bits per heavy atom. The number of nitrogens with one attached hydrogen (secondary N) is 1. The van der Waals surface area contributed by atoms with Crippen molar-refractivity contribution in [3.8, 4) is 5.88 Å². The van der Waals surface area contributed by atoms with Crippen molar-refractivity contribution in [1.29, 1.82) is 0 Å². The first-order chi connectivity index (χ1) is 10.1. The van der Waals surface area contributed by atoms with Crippen LogP contribution < -0.4 is 10.1 Å². The van der Waals surface area contributed by atoms with Crippen molar-refractivity contribution in [2.24, 2.45) is 0 Å². The number of hydrogen-bond donors (Lipinski definition) is 1. The Bertz CT molecular complexity index is 480. The van der Waals surface area contributed by atoms with Crippen LogP contribution in [0.5, 0.6) is 5.88 Å². The van der Waals surface area contributed by atoms with Crippen molar-refractivity contribution in [2.45, 2.75) is 13.0 Å². The lowest BCUT2D eigenvalue weighted by molar-refractivity contribution is 0.0877. The van der Waals surface area contributed by atoms with Crippen LogP contribution in [0, 0.1) is 0 Å². The Morgan fingerprint density at radius 3 is 3.05 bits per heavy atom. The summed E-state index contributed by atoms with van der Waals surface area (Å²) >= 11 is 0. The molecule has 1 aromatic rings. The fourth-order valence-corrected chi connectivity index (χ4v) is 2.44.